The summed E-state index contributed by atoms with van der Waals surface area (Å²) in [6.07, 6.45) is 16.4. The first kappa shape index (κ1) is 22.0. The summed E-state index contributed by atoms with van der Waals surface area (Å²) in [6, 6.07) is 2.29. The van der Waals surface area contributed by atoms with Crippen molar-refractivity contribution in [1.29, 1.82) is 0 Å². The number of rotatable bonds is 3. The molecule has 0 radical (unpaired) electrons. The van der Waals surface area contributed by atoms with Gasteiger partial charge in [-0.1, -0.05) is 65.9 Å². The van der Waals surface area contributed by atoms with E-state index in [1.165, 1.54) is 55.9 Å². The Morgan fingerprint density at radius 2 is 1.65 bits per heavy atom. The van der Waals surface area contributed by atoms with Crippen LogP contribution in [0.3, 0.4) is 0 Å². The lowest BCUT2D eigenvalue weighted by Gasteiger charge is -2.66. The van der Waals surface area contributed by atoms with E-state index in [9.17, 15) is 0 Å². The van der Waals surface area contributed by atoms with Crippen LogP contribution in [0.25, 0.3) is 6.08 Å². The van der Waals surface area contributed by atoms with E-state index in [0.717, 1.165) is 18.4 Å². The summed E-state index contributed by atoms with van der Waals surface area (Å²) >= 11 is 0. The fourth-order valence-corrected chi connectivity index (χ4v) is 9.73. The van der Waals surface area contributed by atoms with Gasteiger partial charge in [-0.3, -0.25) is 0 Å². The Morgan fingerprint density at radius 3 is 2.29 bits per heavy atom. The normalized spacial score (nSPS) is 44.3. The highest BCUT2D eigenvalue weighted by molar-refractivity contribution is 6.87. The van der Waals surface area contributed by atoms with Crippen LogP contribution in [0.5, 0.6) is 0 Å². The number of hydrogen-bond donors (Lipinski definition) is 0. The molecule has 0 aromatic carbocycles. The van der Waals surface area contributed by atoms with Crippen LogP contribution in [0.2, 0.25) is 19.6 Å². The maximum absolute atomic E-state index is 6.25. The number of epoxide rings is 1. The minimum atomic E-state index is -1.41. The molecule has 1 aromatic heterocycles. The van der Waals surface area contributed by atoms with Gasteiger partial charge < -0.3 is 9.15 Å². The molecular formula is C28H44O2Si. The van der Waals surface area contributed by atoms with Crippen molar-refractivity contribution < 1.29 is 9.15 Å². The standard InChI is InChI=1S/C28H44O2Si/c1-25(2)13-8-14-26(3)21(25)11-15-27(4)22(26)12-16-28(19-30-28)23(27)10-9-20-17-24(29-18-20)31(5,6)7/h9-10,17-18,21-23H,8,11-16,19H2,1-7H3/b10-9+/t21?,22?,23-,26-,27+,28+/m0/s1. The molecule has 6 atom stereocenters. The van der Waals surface area contributed by atoms with E-state index in [2.05, 4.69) is 65.6 Å². The summed E-state index contributed by atoms with van der Waals surface area (Å²) in [7, 11) is -1.41. The van der Waals surface area contributed by atoms with Crippen molar-refractivity contribution in [2.75, 3.05) is 6.61 Å². The van der Waals surface area contributed by atoms with Gasteiger partial charge in [0.1, 0.15) is 8.07 Å². The average molecular weight is 441 g/mol. The Hall–Kier alpha value is -0.803. The van der Waals surface area contributed by atoms with Gasteiger partial charge >= 0.3 is 0 Å². The topological polar surface area (TPSA) is 25.7 Å². The van der Waals surface area contributed by atoms with Crippen molar-refractivity contribution in [1.82, 2.24) is 0 Å². The van der Waals surface area contributed by atoms with Crippen LogP contribution in [-0.4, -0.2) is 20.3 Å². The molecule has 1 saturated heterocycles. The Labute approximate surface area is 191 Å². The van der Waals surface area contributed by atoms with Gasteiger partial charge in [-0.05, 0) is 72.7 Å². The van der Waals surface area contributed by atoms with Crippen molar-refractivity contribution >= 4 is 19.5 Å². The van der Waals surface area contributed by atoms with Crippen molar-refractivity contribution in [3.8, 4) is 0 Å². The van der Waals surface area contributed by atoms with Crippen LogP contribution in [0.15, 0.2) is 22.8 Å². The first-order chi connectivity index (χ1) is 14.4. The molecule has 1 aliphatic heterocycles. The van der Waals surface area contributed by atoms with E-state index < -0.39 is 8.07 Å². The second-order valence-corrected chi connectivity index (χ2v) is 18.7. The zero-order valence-electron chi connectivity index (χ0n) is 21.0. The fourth-order valence-electron chi connectivity index (χ4n) is 8.71. The Bertz CT molecular complexity index is 870. The lowest BCUT2D eigenvalue weighted by atomic mass is 9.38. The molecule has 0 amide bonds. The summed E-state index contributed by atoms with van der Waals surface area (Å²) in [5.41, 5.74) is 2.67. The summed E-state index contributed by atoms with van der Waals surface area (Å²) < 4.78 is 12.2. The fraction of sp³-hybridized carbons (Fsp3) is 0.786. The van der Waals surface area contributed by atoms with Gasteiger partial charge in [0.25, 0.3) is 0 Å². The van der Waals surface area contributed by atoms with Gasteiger partial charge in [-0.15, -0.1) is 0 Å². The van der Waals surface area contributed by atoms with Crippen LogP contribution in [-0.2, 0) is 4.74 Å². The lowest BCUT2D eigenvalue weighted by Crippen LogP contribution is -2.60. The second kappa shape index (κ2) is 6.85. The molecule has 4 aliphatic rings. The van der Waals surface area contributed by atoms with Gasteiger partial charge in [0.05, 0.1) is 23.9 Å². The molecule has 5 rings (SSSR count). The number of ether oxygens (including phenoxy) is 1. The molecule has 31 heavy (non-hydrogen) atoms. The quantitative estimate of drug-likeness (QED) is 0.365. The molecule has 0 bridgehead atoms. The summed E-state index contributed by atoms with van der Waals surface area (Å²) in [5, 5.41) is 1.20. The molecular weight excluding hydrogens is 396 g/mol. The van der Waals surface area contributed by atoms with E-state index >= 15 is 0 Å². The van der Waals surface area contributed by atoms with Crippen LogP contribution < -0.4 is 5.38 Å². The van der Waals surface area contributed by atoms with E-state index in [4.69, 9.17) is 9.15 Å². The van der Waals surface area contributed by atoms with Crippen molar-refractivity contribution in [3.63, 3.8) is 0 Å². The van der Waals surface area contributed by atoms with Crippen LogP contribution in [0.4, 0.5) is 0 Å². The molecule has 0 N–H and O–H groups in total. The number of hydrogen-bond acceptors (Lipinski definition) is 2. The largest absolute Gasteiger partial charge is 0.474 e. The Morgan fingerprint density at radius 1 is 0.935 bits per heavy atom. The molecule has 3 heteroatoms. The van der Waals surface area contributed by atoms with Crippen LogP contribution >= 0.6 is 0 Å². The molecule has 2 nitrogen and oxygen atoms in total. The van der Waals surface area contributed by atoms with Crippen LogP contribution in [0.1, 0.15) is 78.2 Å². The van der Waals surface area contributed by atoms with Gasteiger partial charge in [-0.25, -0.2) is 0 Å². The van der Waals surface area contributed by atoms with E-state index in [1.54, 1.807) is 0 Å². The summed E-state index contributed by atoms with van der Waals surface area (Å²) in [6.45, 7) is 18.4. The van der Waals surface area contributed by atoms with E-state index in [0.29, 0.717) is 22.2 Å². The first-order valence-electron chi connectivity index (χ1n) is 12.8. The maximum Gasteiger partial charge on any atom is 0.123 e. The van der Waals surface area contributed by atoms with Crippen molar-refractivity contribution in [2.45, 2.75) is 97.9 Å². The highest BCUT2D eigenvalue weighted by Gasteiger charge is 2.67. The smallest absolute Gasteiger partial charge is 0.123 e. The third-order valence-electron chi connectivity index (χ3n) is 10.3. The lowest BCUT2D eigenvalue weighted by molar-refractivity contribution is -0.168. The molecule has 2 unspecified atom stereocenters. The highest BCUT2D eigenvalue weighted by atomic mass is 28.3. The Kier molecular flexibility index (Phi) is 4.87. The minimum absolute atomic E-state index is 0.112. The summed E-state index contributed by atoms with van der Waals surface area (Å²) in [4.78, 5) is 0. The van der Waals surface area contributed by atoms with Gasteiger partial charge in [-0.2, -0.15) is 0 Å². The average Bonchev–Trinajstić information content (AvgIpc) is 3.23. The number of fused-ring (bicyclic) bond motifs is 3. The van der Waals surface area contributed by atoms with Crippen molar-refractivity contribution in [3.05, 3.63) is 24.0 Å². The predicted octanol–water partition coefficient (Wildman–Crippen LogP) is 7.27. The summed E-state index contributed by atoms with van der Waals surface area (Å²) in [5.74, 6) is 2.20. The minimum Gasteiger partial charge on any atom is -0.474 e. The maximum atomic E-state index is 6.25. The molecule has 3 aliphatic carbocycles. The van der Waals surface area contributed by atoms with Gasteiger partial charge in [0.2, 0.25) is 0 Å². The first-order valence-corrected chi connectivity index (χ1v) is 16.3. The SMILES string of the molecule is CC1(C)CCC[C@@]2(C)C1CC[C@]1(C)C2CC[C@@]2(CO2)[C@H]1/C=C/c1coc([Si](C)(C)C)c1. The Balaban J connectivity index is 1.47. The molecule has 172 valence electrons. The zero-order valence-corrected chi connectivity index (χ0v) is 22.0. The third kappa shape index (κ3) is 3.36. The second-order valence-electron chi connectivity index (χ2n) is 13.7. The molecule has 2 heterocycles. The van der Waals surface area contributed by atoms with E-state index in [1.807, 2.05) is 6.26 Å². The highest BCUT2D eigenvalue weighted by Crippen LogP contribution is 2.71. The van der Waals surface area contributed by atoms with Crippen LogP contribution in [0, 0.1) is 34.0 Å². The molecule has 4 fully saturated rings. The van der Waals surface area contributed by atoms with Gasteiger partial charge in [0, 0.05) is 11.5 Å². The zero-order chi connectivity index (χ0) is 22.3. The van der Waals surface area contributed by atoms with Crippen molar-refractivity contribution in [2.24, 2.45) is 34.0 Å². The monoisotopic (exact) mass is 440 g/mol. The third-order valence-corrected chi connectivity index (χ3v) is 12.1. The molecule has 3 saturated carbocycles. The molecule has 1 aromatic rings. The predicted molar refractivity (Wildman–Crippen MR) is 132 cm³/mol. The van der Waals surface area contributed by atoms with E-state index in [-0.39, 0.29) is 5.60 Å². The molecule has 1 spiro atoms. The van der Waals surface area contributed by atoms with Gasteiger partial charge in [0.15, 0.2) is 0 Å². The number of furan rings is 1.